The van der Waals surface area contributed by atoms with E-state index in [9.17, 15) is 4.79 Å². The number of carbonyl (C=O) groups is 1. The fourth-order valence-corrected chi connectivity index (χ4v) is 2.76. The summed E-state index contributed by atoms with van der Waals surface area (Å²) in [6.45, 7) is 3.97. The van der Waals surface area contributed by atoms with Crippen molar-refractivity contribution in [3.8, 4) is 5.75 Å². The number of benzene rings is 1. The molecule has 0 radical (unpaired) electrons. The van der Waals surface area contributed by atoms with Crippen molar-refractivity contribution in [1.82, 2.24) is 10.3 Å². The number of nitrogens with two attached hydrogens (primary N) is 1. The standard InChI is InChI=1S/C17H23N3O3S/c1-12-4-5-13(15(8-12)23-7-3-6-22-2)10-19-17(21)14-11-24-16(9-18)20-14/h4-5,8,11H,3,6-7,9-10,18H2,1-2H3,(H,19,21). The quantitative estimate of drug-likeness (QED) is 0.678. The van der Waals surface area contributed by atoms with Crippen LogP contribution in [0.5, 0.6) is 5.75 Å². The largest absolute Gasteiger partial charge is 0.493 e. The molecule has 1 aromatic heterocycles. The molecule has 0 fully saturated rings. The van der Waals surface area contributed by atoms with Crippen LogP contribution in [0, 0.1) is 6.92 Å². The smallest absolute Gasteiger partial charge is 0.271 e. The van der Waals surface area contributed by atoms with Crippen molar-refractivity contribution in [2.45, 2.75) is 26.4 Å². The van der Waals surface area contributed by atoms with Crippen LogP contribution < -0.4 is 15.8 Å². The molecule has 3 N–H and O–H groups in total. The van der Waals surface area contributed by atoms with Crippen LogP contribution in [0.1, 0.15) is 33.0 Å². The number of hydrogen-bond donors (Lipinski definition) is 2. The Morgan fingerprint density at radius 3 is 2.92 bits per heavy atom. The maximum Gasteiger partial charge on any atom is 0.271 e. The number of rotatable bonds is 9. The number of carbonyl (C=O) groups excluding carboxylic acids is 1. The molecule has 130 valence electrons. The van der Waals surface area contributed by atoms with Crippen molar-refractivity contribution in [2.24, 2.45) is 5.73 Å². The lowest BCUT2D eigenvalue weighted by Crippen LogP contribution is -2.23. The third-order valence-corrected chi connectivity index (χ3v) is 4.24. The van der Waals surface area contributed by atoms with Crippen LogP contribution in [0.25, 0.3) is 0 Å². The van der Waals surface area contributed by atoms with E-state index in [0.717, 1.165) is 28.3 Å². The Bertz CT molecular complexity index is 673. The van der Waals surface area contributed by atoms with E-state index in [-0.39, 0.29) is 5.91 Å². The molecule has 6 nitrogen and oxygen atoms in total. The molecular weight excluding hydrogens is 326 g/mol. The molecule has 0 bridgehead atoms. The number of aromatic nitrogens is 1. The second kappa shape index (κ2) is 9.36. The van der Waals surface area contributed by atoms with Gasteiger partial charge < -0.3 is 20.5 Å². The molecule has 7 heteroatoms. The lowest BCUT2D eigenvalue weighted by molar-refractivity contribution is 0.0946. The van der Waals surface area contributed by atoms with Gasteiger partial charge in [-0.05, 0) is 18.6 Å². The van der Waals surface area contributed by atoms with Gasteiger partial charge in [-0.25, -0.2) is 4.98 Å². The number of methoxy groups -OCH3 is 1. The van der Waals surface area contributed by atoms with E-state index in [2.05, 4.69) is 10.3 Å². The first kappa shape index (κ1) is 18.4. The maximum absolute atomic E-state index is 12.2. The average molecular weight is 349 g/mol. The minimum absolute atomic E-state index is 0.211. The van der Waals surface area contributed by atoms with Crippen LogP contribution in [0.15, 0.2) is 23.6 Å². The highest BCUT2D eigenvalue weighted by Gasteiger charge is 2.11. The Balaban J connectivity index is 1.96. The molecule has 0 spiro atoms. The van der Waals surface area contributed by atoms with Crippen molar-refractivity contribution in [1.29, 1.82) is 0 Å². The van der Waals surface area contributed by atoms with Gasteiger partial charge >= 0.3 is 0 Å². The van der Waals surface area contributed by atoms with Gasteiger partial charge in [0.1, 0.15) is 16.5 Å². The molecule has 2 rings (SSSR count). The van der Waals surface area contributed by atoms with Crippen LogP contribution in [-0.2, 0) is 17.8 Å². The van der Waals surface area contributed by atoms with Gasteiger partial charge in [-0.2, -0.15) is 0 Å². The molecule has 1 amide bonds. The van der Waals surface area contributed by atoms with E-state index in [1.807, 2.05) is 25.1 Å². The van der Waals surface area contributed by atoms with Crippen LogP contribution in [-0.4, -0.2) is 31.2 Å². The van der Waals surface area contributed by atoms with Crippen molar-refractivity contribution < 1.29 is 14.3 Å². The van der Waals surface area contributed by atoms with Gasteiger partial charge in [-0.15, -0.1) is 11.3 Å². The number of nitrogens with one attached hydrogen (secondary N) is 1. The first-order chi connectivity index (χ1) is 11.6. The molecule has 2 aromatic rings. The summed E-state index contributed by atoms with van der Waals surface area (Å²) in [6, 6.07) is 5.94. The van der Waals surface area contributed by atoms with Crippen LogP contribution >= 0.6 is 11.3 Å². The lowest BCUT2D eigenvalue weighted by atomic mass is 10.1. The molecular formula is C17H23N3O3S. The fraction of sp³-hybridized carbons (Fsp3) is 0.412. The summed E-state index contributed by atoms with van der Waals surface area (Å²) in [7, 11) is 1.67. The summed E-state index contributed by atoms with van der Waals surface area (Å²) in [6.07, 6.45) is 0.816. The molecule has 0 saturated carbocycles. The molecule has 0 unspecified atom stereocenters. The summed E-state index contributed by atoms with van der Waals surface area (Å²) in [5.41, 5.74) is 7.96. The minimum atomic E-state index is -0.211. The van der Waals surface area contributed by atoms with Gasteiger partial charge in [0.15, 0.2) is 0 Å². The van der Waals surface area contributed by atoms with E-state index in [4.69, 9.17) is 15.2 Å². The monoisotopic (exact) mass is 349 g/mol. The third kappa shape index (κ3) is 5.30. The predicted molar refractivity (Wildman–Crippen MR) is 94.3 cm³/mol. The first-order valence-corrected chi connectivity index (χ1v) is 8.66. The first-order valence-electron chi connectivity index (χ1n) is 7.78. The minimum Gasteiger partial charge on any atom is -0.493 e. The van der Waals surface area contributed by atoms with Crippen molar-refractivity contribution in [3.63, 3.8) is 0 Å². The zero-order chi connectivity index (χ0) is 17.4. The molecule has 0 aliphatic heterocycles. The molecule has 0 saturated heterocycles. The Hall–Kier alpha value is -1.96. The summed E-state index contributed by atoms with van der Waals surface area (Å²) < 4.78 is 10.8. The third-order valence-electron chi connectivity index (χ3n) is 3.37. The molecule has 1 heterocycles. The Kier molecular flexibility index (Phi) is 7.17. The SMILES string of the molecule is COCCCOc1cc(C)ccc1CNC(=O)c1csc(CN)n1. The summed E-state index contributed by atoms with van der Waals surface area (Å²) in [5.74, 6) is 0.573. The topological polar surface area (TPSA) is 86.5 Å². The van der Waals surface area contributed by atoms with Crippen LogP contribution in [0.4, 0.5) is 0 Å². The number of nitrogens with zero attached hydrogens (tertiary/aromatic N) is 1. The predicted octanol–water partition coefficient (Wildman–Crippen LogP) is 2.26. The Labute approximate surface area is 146 Å². The maximum atomic E-state index is 12.2. The highest BCUT2D eigenvalue weighted by Crippen LogP contribution is 2.21. The zero-order valence-corrected chi connectivity index (χ0v) is 14.8. The van der Waals surface area contributed by atoms with Gasteiger partial charge in [0.2, 0.25) is 0 Å². The summed E-state index contributed by atoms with van der Waals surface area (Å²) in [5, 5.41) is 5.34. The molecule has 24 heavy (non-hydrogen) atoms. The van der Waals surface area contributed by atoms with Gasteiger partial charge in [0.25, 0.3) is 5.91 Å². The van der Waals surface area contributed by atoms with E-state index in [1.54, 1.807) is 12.5 Å². The van der Waals surface area contributed by atoms with Gasteiger partial charge in [-0.3, -0.25) is 4.79 Å². The zero-order valence-electron chi connectivity index (χ0n) is 14.0. The van der Waals surface area contributed by atoms with Crippen molar-refractivity contribution in [2.75, 3.05) is 20.3 Å². The second-order valence-corrected chi connectivity index (χ2v) is 6.26. The fourth-order valence-electron chi connectivity index (χ4n) is 2.10. The molecule has 0 aliphatic carbocycles. The molecule has 0 atom stereocenters. The highest BCUT2D eigenvalue weighted by atomic mass is 32.1. The van der Waals surface area contributed by atoms with E-state index >= 15 is 0 Å². The summed E-state index contributed by atoms with van der Waals surface area (Å²) in [4.78, 5) is 16.3. The summed E-state index contributed by atoms with van der Waals surface area (Å²) >= 11 is 1.39. The van der Waals surface area contributed by atoms with Crippen LogP contribution in [0.2, 0.25) is 0 Å². The van der Waals surface area contributed by atoms with Crippen molar-refractivity contribution >= 4 is 17.2 Å². The highest BCUT2D eigenvalue weighted by molar-refractivity contribution is 7.09. The normalized spacial score (nSPS) is 10.6. The Morgan fingerprint density at radius 2 is 2.21 bits per heavy atom. The molecule has 0 aliphatic rings. The number of hydrogen-bond acceptors (Lipinski definition) is 6. The van der Waals surface area contributed by atoms with E-state index in [0.29, 0.717) is 32.0 Å². The number of ether oxygens (including phenoxy) is 2. The molecule has 1 aromatic carbocycles. The lowest BCUT2D eigenvalue weighted by Gasteiger charge is -2.13. The van der Waals surface area contributed by atoms with Crippen molar-refractivity contribution in [3.05, 3.63) is 45.4 Å². The Morgan fingerprint density at radius 1 is 1.38 bits per heavy atom. The number of amides is 1. The van der Waals surface area contributed by atoms with Gasteiger partial charge in [0.05, 0.1) is 6.61 Å². The van der Waals surface area contributed by atoms with Crippen LogP contribution in [0.3, 0.4) is 0 Å². The second-order valence-electron chi connectivity index (χ2n) is 5.32. The van der Waals surface area contributed by atoms with E-state index < -0.39 is 0 Å². The number of aryl methyl sites for hydroxylation is 1. The van der Waals surface area contributed by atoms with Gasteiger partial charge in [0, 0.05) is 44.2 Å². The van der Waals surface area contributed by atoms with Gasteiger partial charge in [-0.1, -0.05) is 12.1 Å². The average Bonchev–Trinajstić information content (AvgIpc) is 3.07. The number of thiazole rings is 1. The van der Waals surface area contributed by atoms with E-state index in [1.165, 1.54) is 11.3 Å².